The second kappa shape index (κ2) is 7.69. The van der Waals surface area contributed by atoms with Crippen molar-refractivity contribution >= 4 is 29.3 Å². The van der Waals surface area contributed by atoms with E-state index in [1.54, 1.807) is 11.8 Å². The normalized spacial score (nSPS) is 19.4. The highest BCUT2D eigenvalue weighted by molar-refractivity contribution is 8.00. The first-order chi connectivity index (χ1) is 10.5. The van der Waals surface area contributed by atoms with Crippen molar-refractivity contribution in [3.63, 3.8) is 0 Å². The number of hydrogen-bond acceptors (Lipinski definition) is 4. The number of carboxylic acids is 1. The Morgan fingerprint density at radius 2 is 1.83 bits per heavy atom. The van der Waals surface area contributed by atoms with Gasteiger partial charge in [0, 0.05) is 11.4 Å². The Morgan fingerprint density at radius 3 is 2.22 bits per heavy atom. The van der Waals surface area contributed by atoms with E-state index < -0.39 is 12.1 Å². The van der Waals surface area contributed by atoms with Crippen LogP contribution in [0.3, 0.4) is 0 Å². The smallest absolute Gasteiger partial charge is 0.475 e. The molecular weight excluding hydrogens is 333 g/mol. The molecule has 3 N–H and O–H groups in total. The molecule has 0 spiro atoms. The van der Waals surface area contributed by atoms with Gasteiger partial charge in [-0.25, -0.2) is 4.79 Å². The first kappa shape index (κ1) is 19.3. The minimum absolute atomic E-state index is 0.00130. The summed E-state index contributed by atoms with van der Waals surface area (Å²) in [4.78, 5) is 20.8. The molecular formula is C14H17F3N2O3S. The summed E-state index contributed by atoms with van der Waals surface area (Å²) in [6, 6.07) is 9.45. The summed E-state index contributed by atoms with van der Waals surface area (Å²) in [6.45, 7) is 4.18. The maximum Gasteiger partial charge on any atom is 0.490 e. The first-order valence-corrected chi connectivity index (χ1v) is 7.57. The Bertz CT molecular complexity index is 550. The van der Waals surface area contributed by atoms with Crippen molar-refractivity contribution in [2.45, 2.75) is 30.9 Å². The van der Waals surface area contributed by atoms with Crippen molar-refractivity contribution in [2.75, 3.05) is 11.1 Å². The monoisotopic (exact) mass is 350 g/mol. The number of para-hydroxylation sites is 1. The third kappa shape index (κ3) is 6.91. The highest BCUT2D eigenvalue weighted by Gasteiger charge is 2.38. The van der Waals surface area contributed by atoms with Gasteiger partial charge >= 0.3 is 12.1 Å². The predicted octanol–water partition coefficient (Wildman–Crippen LogP) is 2.70. The third-order valence-corrected chi connectivity index (χ3v) is 4.07. The van der Waals surface area contributed by atoms with Crippen molar-refractivity contribution < 1.29 is 27.9 Å². The molecule has 1 aliphatic heterocycles. The molecule has 5 nitrogen and oxygen atoms in total. The van der Waals surface area contributed by atoms with Crippen molar-refractivity contribution in [3.05, 3.63) is 30.3 Å². The van der Waals surface area contributed by atoms with Crippen LogP contribution in [0.15, 0.2) is 30.3 Å². The molecule has 1 heterocycles. The average molecular weight is 350 g/mol. The summed E-state index contributed by atoms with van der Waals surface area (Å²) in [5, 5.41) is 13.3. The second-order valence-corrected chi connectivity index (χ2v) is 6.82. The highest BCUT2D eigenvalue weighted by Crippen LogP contribution is 2.29. The van der Waals surface area contributed by atoms with Gasteiger partial charge in [-0.2, -0.15) is 13.2 Å². The fourth-order valence-corrected chi connectivity index (χ4v) is 2.73. The number of benzene rings is 1. The van der Waals surface area contributed by atoms with E-state index >= 15 is 0 Å². The number of carbonyl (C=O) groups is 2. The van der Waals surface area contributed by atoms with Crippen molar-refractivity contribution in [3.8, 4) is 0 Å². The third-order valence-electron chi connectivity index (χ3n) is 2.73. The SMILES string of the molecule is CC1(C)N[C@H](C(=O)Nc2ccccc2)CS1.O=C(O)C(F)(F)F. The standard InChI is InChI=1S/C12H16N2OS.C2HF3O2/c1-12(2)14-10(8-16-12)11(15)13-9-6-4-3-5-7-9;3-2(4,5)1(6)7/h3-7,10,14H,8H2,1-2H3,(H,13,15);(H,6,7)/t10-;/m0./s1. The summed E-state index contributed by atoms with van der Waals surface area (Å²) in [6.07, 6.45) is -5.08. The topological polar surface area (TPSA) is 78.4 Å². The summed E-state index contributed by atoms with van der Waals surface area (Å²) < 4.78 is 31.7. The molecule has 1 saturated heterocycles. The largest absolute Gasteiger partial charge is 0.490 e. The molecule has 23 heavy (non-hydrogen) atoms. The molecule has 1 aliphatic rings. The molecule has 2 rings (SSSR count). The highest BCUT2D eigenvalue weighted by atomic mass is 32.2. The first-order valence-electron chi connectivity index (χ1n) is 6.59. The zero-order valence-corrected chi connectivity index (χ0v) is 13.3. The minimum atomic E-state index is -5.08. The Hall–Kier alpha value is -1.74. The van der Waals surface area contributed by atoms with Crippen LogP contribution < -0.4 is 10.6 Å². The van der Waals surface area contributed by atoms with Crippen molar-refractivity contribution in [1.29, 1.82) is 0 Å². The molecule has 0 aliphatic carbocycles. The van der Waals surface area contributed by atoms with Crippen molar-refractivity contribution in [2.24, 2.45) is 0 Å². The van der Waals surface area contributed by atoms with E-state index in [2.05, 4.69) is 24.5 Å². The van der Waals surface area contributed by atoms with E-state index in [1.807, 2.05) is 30.3 Å². The van der Waals surface area contributed by atoms with Gasteiger partial charge < -0.3 is 10.4 Å². The predicted molar refractivity (Wildman–Crippen MR) is 82.2 cm³/mol. The molecule has 0 radical (unpaired) electrons. The maximum absolute atomic E-state index is 11.9. The molecule has 0 bridgehead atoms. The molecule has 1 aromatic rings. The fourth-order valence-electron chi connectivity index (χ4n) is 1.69. The second-order valence-electron chi connectivity index (χ2n) is 5.18. The number of aliphatic carboxylic acids is 1. The Labute approximate surface area is 135 Å². The molecule has 0 saturated carbocycles. The van der Waals surface area contributed by atoms with E-state index in [4.69, 9.17) is 9.90 Å². The van der Waals surface area contributed by atoms with Gasteiger partial charge in [-0.15, -0.1) is 11.8 Å². The van der Waals surface area contributed by atoms with Crippen LogP contribution in [0.4, 0.5) is 18.9 Å². The van der Waals surface area contributed by atoms with Gasteiger partial charge in [0.15, 0.2) is 0 Å². The lowest BCUT2D eigenvalue weighted by Crippen LogP contribution is -2.43. The van der Waals surface area contributed by atoms with Crippen LogP contribution in [0.2, 0.25) is 0 Å². The summed E-state index contributed by atoms with van der Waals surface area (Å²) in [5.74, 6) is -1.89. The zero-order chi connectivity index (χ0) is 17.7. The lowest BCUT2D eigenvalue weighted by Gasteiger charge is -2.18. The molecule has 1 amide bonds. The number of alkyl halides is 3. The Morgan fingerprint density at radius 1 is 1.30 bits per heavy atom. The van der Waals surface area contributed by atoms with Crippen LogP contribution in [-0.4, -0.2) is 39.8 Å². The van der Waals surface area contributed by atoms with Crippen LogP contribution in [-0.2, 0) is 9.59 Å². The van der Waals surface area contributed by atoms with Gasteiger partial charge in [0.2, 0.25) is 5.91 Å². The van der Waals surface area contributed by atoms with Gasteiger partial charge in [-0.3, -0.25) is 10.1 Å². The minimum Gasteiger partial charge on any atom is -0.475 e. The van der Waals surface area contributed by atoms with E-state index in [9.17, 15) is 18.0 Å². The van der Waals surface area contributed by atoms with Gasteiger partial charge in [0.1, 0.15) is 0 Å². The molecule has 128 valence electrons. The van der Waals surface area contributed by atoms with E-state index in [1.165, 1.54) is 0 Å². The number of halogens is 3. The fraction of sp³-hybridized carbons (Fsp3) is 0.429. The number of carboxylic acid groups (broad SMARTS) is 1. The summed E-state index contributed by atoms with van der Waals surface area (Å²) in [5.41, 5.74) is 0.851. The van der Waals surface area contributed by atoms with Crippen LogP contribution >= 0.6 is 11.8 Å². The number of carbonyl (C=O) groups excluding carboxylic acids is 1. The van der Waals surface area contributed by atoms with Gasteiger partial charge in [0.25, 0.3) is 0 Å². The Balaban J connectivity index is 0.000000322. The number of amides is 1. The summed E-state index contributed by atoms with van der Waals surface area (Å²) >= 11 is 1.77. The van der Waals surface area contributed by atoms with Crippen LogP contribution in [0.5, 0.6) is 0 Å². The van der Waals surface area contributed by atoms with Crippen LogP contribution in [0.25, 0.3) is 0 Å². The molecule has 1 aromatic carbocycles. The van der Waals surface area contributed by atoms with Crippen LogP contribution in [0.1, 0.15) is 13.8 Å². The lowest BCUT2D eigenvalue weighted by molar-refractivity contribution is -0.192. The van der Waals surface area contributed by atoms with Crippen LogP contribution in [0, 0.1) is 0 Å². The average Bonchev–Trinajstić information content (AvgIpc) is 2.80. The quantitative estimate of drug-likeness (QED) is 0.764. The number of nitrogens with one attached hydrogen (secondary N) is 2. The molecule has 0 unspecified atom stereocenters. The number of thioether (sulfide) groups is 1. The van der Waals surface area contributed by atoms with E-state index in [0.29, 0.717) is 0 Å². The molecule has 1 atom stereocenters. The summed E-state index contributed by atoms with van der Waals surface area (Å²) in [7, 11) is 0. The van der Waals surface area contributed by atoms with Gasteiger partial charge in [-0.1, -0.05) is 18.2 Å². The molecule has 1 fully saturated rings. The molecule has 0 aromatic heterocycles. The number of rotatable bonds is 2. The Kier molecular flexibility index (Phi) is 6.46. The van der Waals surface area contributed by atoms with E-state index in [0.717, 1.165) is 11.4 Å². The number of hydrogen-bond donors (Lipinski definition) is 3. The van der Waals surface area contributed by atoms with Gasteiger partial charge in [-0.05, 0) is 26.0 Å². The maximum atomic E-state index is 11.9. The molecule has 9 heteroatoms. The number of anilines is 1. The zero-order valence-electron chi connectivity index (χ0n) is 12.5. The van der Waals surface area contributed by atoms with Gasteiger partial charge in [0.05, 0.1) is 10.9 Å². The van der Waals surface area contributed by atoms with Crippen molar-refractivity contribution in [1.82, 2.24) is 5.32 Å². The lowest BCUT2D eigenvalue weighted by atomic mass is 10.2. The van der Waals surface area contributed by atoms with E-state index in [-0.39, 0.29) is 16.8 Å².